The van der Waals surface area contributed by atoms with Gasteiger partial charge in [0.1, 0.15) is 0 Å². The smallest absolute Gasteiger partial charge is 0.203 e. The van der Waals surface area contributed by atoms with Crippen LogP contribution in [0, 0.1) is 11.3 Å². The Morgan fingerprint density at radius 1 is 0.565 bits per heavy atom. The molecular weight excluding hydrogens is 584 g/mol. The number of rotatable bonds is 8. The van der Waals surface area contributed by atoms with Gasteiger partial charge in [0.2, 0.25) is 11.5 Å². The van der Waals surface area contributed by atoms with Crippen molar-refractivity contribution in [2.45, 2.75) is 24.2 Å². The molecule has 46 heavy (non-hydrogen) atoms. The minimum Gasteiger partial charge on any atom is -0.493 e. The molecule has 0 radical (unpaired) electrons. The summed E-state index contributed by atoms with van der Waals surface area (Å²) < 4.78 is 34.6. The van der Waals surface area contributed by atoms with Crippen LogP contribution >= 0.6 is 0 Å². The first-order valence-electron chi connectivity index (χ1n) is 15.2. The highest BCUT2D eigenvalue weighted by Crippen LogP contribution is 2.73. The molecule has 0 amide bonds. The SMILES string of the molecule is COc1cc([C@@H]2C3C(=O)c4ccccc4C3[C@@H](c3cc(OC)c(OC)c(OC)c3)C23Cc2ccccc2C3=O)cc(OC)c1OC. The van der Waals surface area contributed by atoms with E-state index in [1.165, 1.54) is 0 Å². The molecular formula is C38H36O8. The summed E-state index contributed by atoms with van der Waals surface area (Å²) in [6, 6.07) is 23.2. The minimum absolute atomic E-state index is 0.0142. The Balaban J connectivity index is 1.59. The lowest BCUT2D eigenvalue weighted by Crippen LogP contribution is -2.38. The molecule has 0 bridgehead atoms. The number of hydrogen-bond donors (Lipinski definition) is 0. The maximum absolute atomic E-state index is 15.2. The average Bonchev–Trinajstić information content (AvgIpc) is 3.67. The van der Waals surface area contributed by atoms with Crippen LogP contribution in [0.15, 0.2) is 72.8 Å². The Kier molecular flexibility index (Phi) is 7.18. The topological polar surface area (TPSA) is 89.5 Å². The lowest BCUT2D eigenvalue weighted by molar-refractivity contribution is 0.0744. The maximum atomic E-state index is 15.2. The van der Waals surface area contributed by atoms with Crippen molar-refractivity contribution in [2.24, 2.45) is 11.3 Å². The second kappa shape index (κ2) is 11.1. The molecule has 4 aromatic carbocycles. The van der Waals surface area contributed by atoms with Crippen molar-refractivity contribution in [3.05, 3.63) is 106 Å². The van der Waals surface area contributed by atoms with Crippen molar-refractivity contribution < 1.29 is 38.0 Å². The van der Waals surface area contributed by atoms with Crippen molar-refractivity contribution in [1.29, 1.82) is 0 Å². The molecule has 3 aliphatic rings. The third-order valence-corrected chi connectivity index (χ3v) is 10.4. The van der Waals surface area contributed by atoms with Crippen LogP contribution in [0.5, 0.6) is 34.5 Å². The molecule has 236 valence electrons. The molecule has 4 aromatic rings. The zero-order valence-electron chi connectivity index (χ0n) is 26.7. The molecule has 7 rings (SSSR count). The Morgan fingerprint density at radius 2 is 1.02 bits per heavy atom. The van der Waals surface area contributed by atoms with Crippen molar-refractivity contribution in [3.63, 3.8) is 0 Å². The van der Waals surface area contributed by atoms with Crippen LogP contribution in [0.4, 0.5) is 0 Å². The number of carbonyl (C=O) groups excluding carboxylic acids is 2. The minimum atomic E-state index is -1.04. The maximum Gasteiger partial charge on any atom is 0.203 e. The number of fused-ring (bicyclic) bond motifs is 4. The van der Waals surface area contributed by atoms with E-state index in [0.717, 1.165) is 22.3 Å². The number of benzene rings is 4. The molecule has 3 aliphatic carbocycles. The van der Waals surface area contributed by atoms with E-state index in [-0.39, 0.29) is 17.5 Å². The van der Waals surface area contributed by atoms with Crippen molar-refractivity contribution in [1.82, 2.24) is 0 Å². The van der Waals surface area contributed by atoms with E-state index in [0.29, 0.717) is 52.0 Å². The van der Waals surface area contributed by atoms with Crippen molar-refractivity contribution in [3.8, 4) is 34.5 Å². The van der Waals surface area contributed by atoms with Gasteiger partial charge in [-0.3, -0.25) is 9.59 Å². The van der Waals surface area contributed by atoms with Gasteiger partial charge < -0.3 is 28.4 Å². The molecule has 0 aliphatic heterocycles. The Hall–Kier alpha value is -4.98. The highest BCUT2D eigenvalue weighted by molar-refractivity contribution is 6.11. The third kappa shape index (κ3) is 3.92. The predicted molar refractivity (Wildman–Crippen MR) is 172 cm³/mol. The first kappa shape index (κ1) is 29.7. The van der Waals surface area contributed by atoms with E-state index in [9.17, 15) is 4.79 Å². The largest absolute Gasteiger partial charge is 0.493 e. The molecule has 0 aromatic heterocycles. The van der Waals surface area contributed by atoms with Gasteiger partial charge in [-0.25, -0.2) is 0 Å². The molecule has 5 atom stereocenters. The highest BCUT2D eigenvalue weighted by atomic mass is 16.5. The van der Waals surface area contributed by atoms with Gasteiger partial charge in [0.15, 0.2) is 34.6 Å². The second-order valence-corrected chi connectivity index (χ2v) is 12.1. The lowest BCUT2D eigenvalue weighted by atomic mass is 9.62. The van der Waals surface area contributed by atoms with Gasteiger partial charge in [-0.15, -0.1) is 0 Å². The fourth-order valence-corrected chi connectivity index (χ4v) is 8.74. The molecule has 8 heteroatoms. The summed E-state index contributed by atoms with van der Waals surface area (Å²) in [5, 5.41) is 0. The molecule has 1 saturated carbocycles. The molecule has 3 unspecified atom stereocenters. The Bertz CT molecular complexity index is 1830. The monoisotopic (exact) mass is 620 g/mol. The van der Waals surface area contributed by atoms with Gasteiger partial charge >= 0.3 is 0 Å². The van der Waals surface area contributed by atoms with E-state index in [1.807, 2.05) is 72.8 Å². The van der Waals surface area contributed by atoms with Gasteiger partial charge in [0, 0.05) is 34.8 Å². The molecule has 8 nitrogen and oxygen atoms in total. The summed E-state index contributed by atoms with van der Waals surface area (Å²) in [7, 11) is 9.43. The lowest BCUT2D eigenvalue weighted by Gasteiger charge is -2.38. The number of carbonyl (C=O) groups is 2. The van der Waals surface area contributed by atoms with Crippen LogP contribution in [0.3, 0.4) is 0 Å². The predicted octanol–water partition coefficient (Wildman–Crippen LogP) is 6.64. The average molecular weight is 621 g/mol. The van der Waals surface area contributed by atoms with E-state index >= 15 is 4.79 Å². The molecule has 1 spiro atoms. The quantitative estimate of drug-likeness (QED) is 0.217. The molecule has 0 saturated heterocycles. The number of methoxy groups -OCH3 is 6. The summed E-state index contributed by atoms with van der Waals surface area (Å²) in [6.45, 7) is 0. The van der Waals surface area contributed by atoms with Crippen molar-refractivity contribution in [2.75, 3.05) is 42.7 Å². The Morgan fingerprint density at radius 3 is 1.50 bits per heavy atom. The van der Waals surface area contributed by atoms with Crippen LogP contribution in [0.1, 0.15) is 60.7 Å². The first-order valence-corrected chi connectivity index (χ1v) is 15.2. The fraction of sp³-hybridized carbons (Fsp3) is 0.316. The zero-order chi connectivity index (χ0) is 32.3. The third-order valence-electron chi connectivity index (χ3n) is 10.4. The van der Waals surface area contributed by atoms with E-state index < -0.39 is 23.2 Å². The number of ketones is 2. The molecule has 1 fully saturated rings. The van der Waals surface area contributed by atoms with Crippen molar-refractivity contribution >= 4 is 11.6 Å². The highest BCUT2D eigenvalue weighted by Gasteiger charge is 2.70. The van der Waals surface area contributed by atoms with E-state index in [2.05, 4.69) is 0 Å². The standard InChI is InChI=1S/C38H36O8/c1-41-26-15-21(16-27(42-2)35(26)45-5)32-30-24-13-9-10-14-25(24)34(39)31(30)33(22-17-28(43-3)36(46-6)29(18-22)44-4)38(32)19-20-11-7-8-12-23(20)37(38)40/h7-18,30-33H,19H2,1-6H3/t30?,31?,32-,33-,38?/m1/s1. The van der Waals surface area contributed by atoms with Gasteiger partial charge in [-0.05, 0) is 52.9 Å². The molecule has 0 N–H and O–H groups in total. The summed E-state index contributed by atoms with van der Waals surface area (Å²) in [6.07, 6.45) is 0.451. The van der Waals surface area contributed by atoms with Gasteiger partial charge in [0.05, 0.1) is 48.1 Å². The first-order chi connectivity index (χ1) is 22.4. The van der Waals surface area contributed by atoms with Gasteiger partial charge in [0.25, 0.3) is 0 Å². The number of Topliss-reactive ketones (excluding diaryl/α,β-unsaturated/α-hetero) is 2. The summed E-state index contributed by atoms with van der Waals surface area (Å²) in [4.78, 5) is 29.9. The zero-order valence-corrected chi connectivity index (χ0v) is 26.7. The number of hydrogen-bond acceptors (Lipinski definition) is 8. The number of ether oxygens (including phenoxy) is 6. The summed E-state index contributed by atoms with van der Waals surface area (Å²) in [5.41, 5.74) is 3.84. The van der Waals surface area contributed by atoms with Crippen LogP contribution in [0.25, 0.3) is 0 Å². The van der Waals surface area contributed by atoms with Gasteiger partial charge in [-0.1, -0.05) is 48.5 Å². The fourth-order valence-electron chi connectivity index (χ4n) is 8.74. The van der Waals surface area contributed by atoms with Gasteiger partial charge in [-0.2, -0.15) is 0 Å². The Labute approximate surface area is 268 Å². The van der Waals surface area contributed by atoms with Crippen LogP contribution in [-0.4, -0.2) is 54.2 Å². The van der Waals surface area contributed by atoms with Crippen LogP contribution in [0.2, 0.25) is 0 Å². The van der Waals surface area contributed by atoms with Crippen LogP contribution in [-0.2, 0) is 6.42 Å². The van der Waals surface area contributed by atoms with Crippen LogP contribution < -0.4 is 28.4 Å². The van der Waals surface area contributed by atoms with E-state index in [1.54, 1.807) is 42.7 Å². The molecule has 0 heterocycles. The summed E-state index contributed by atoms with van der Waals surface area (Å²) in [5.74, 6) is 1.03. The van der Waals surface area contributed by atoms with E-state index in [4.69, 9.17) is 28.4 Å². The normalized spacial score (nSPS) is 24.0. The second-order valence-electron chi connectivity index (χ2n) is 12.1. The summed E-state index contributed by atoms with van der Waals surface area (Å²) >= 11 is 0.